The van der Waals surface area contributed by atoms with Gasteiger partial charge in [0.2, 0.25) is 11.9 Å². The summed E-state index contributed by atoms with van der Waals surface area (Å²) in [5.74, 6) is 1.54. The monoisotopic (exact) mass is 513 g/mol. The van der Waals surface area contributed by atoms with Gasteiger partial charge in [0.25, 0.3) is 0 Å². The van der Waals surface area contributed by atoms with E-state index < -0.39 is 6.55 Å². The van der Waals surface area contributed by atoms with Crippen LogP contribution in [-0.4, -0.2) is 85.0 Å². The van der Waals surface area contributed by atoms with Gasteiger partial charge in [-0.3, -0.25) is 9.36 Å². The van der Waals surface area contributed by atoms with Gasteiger partial charge in [-0.1, -0.05) is 6.58 Å². The van der Waals surface area contributed by atoms with Crippen LogP contribution in [0.2, 0.25) is 0 Å². The van der Waals surface area contributed by atoms with Gasteiger partial charge in [-0.2, -0.15) is 23.8 Å². The number of alkyl halides is 2. The Morgan fingerprint density at radius 2 is 1.97 bits per heavy atom. The maximum Gasteiger partial charge on any atom is 0.333 e. The molecule has 6 heterocycles. The van der Waals surface area contributed by atoms with E-state index in [0.29, 0.717) is 72.1 Å². The van der Waals surface area contributed by atoms with Crippen molar-refractivity contribution in [2.24, 2.45) is 5.92 Å². The number of aromatic nitrogens is 6. The number of piperidine rings is 1. The van der Waals surface area contributed by atoms with Crippen molar-refractivity contribution in [2.75, 3.05) is 43.1 Å². The summed E-state index contributed by atoms with van der Waals surface area (Å²) < 4.78 is 34.0. The molecule has 0 spiro atoms. The van der Waals surface area contributed by atoms with Crippen LogP contribution in [0.15, 0.2) is 31.4 Å². The number of amides is 1. The number of nitrogens with one attached hydrogen (secondary N) is 1. The maximum absolute atomic E-state index is 13.1. The number of halogens is 2. The number of nitrogens with zero attached hydrogens (tertiary/aromatic N) is 8. The third kappa shape index (κ3) is 4.41. The molecule has 3 atom stereocenters. The van der Waals surface area contributed by atoms with Gasteiger partial charge in [-0.25, -0.2) is 9.67 Å². The maximum atomic E-state index is 13.1. The summed E-state index contributed by atoms with van der Waals surface area (Å²) in [6, 6.07) is 0.493. The summed E-state index contributed by atoms with van der Waals surface area (Å²) >= 11 is 0. The number of rotatable bonds is 7. The van der Waals surface area contributed by atoms with Crippen LogP contribution in [0.4, 0.5) is 20.5 Å². The van der Waals surface area contributed by atoms with E-state index in [1.165, 1.54) is 18.5 Å². The summed E-state index contributed by atoms with van der Waals surface area (Å²) in [4.78, 5) is 30.5. The minimum absolute atomic E-state index is 0.0206. The second-order valence-electron chi connectivity index (χ2n) is 9.77. The Labute approximate surface area is 212 Å². The molecule has 0 aromatic carbocycles. The van der Waals surface area contributed by atoms with Crippen molar-refractivity contribution in [2.45, 2.75) is 44.3 Å². The number of hydrogen-bond donors (Lipinski definition) is 1. The molecule has 1 amide bonds. The summed E-state index contributed by atoms with van der Waals surface area (Å²) in [6.07, 6.45) is 9.50. The van der Waals surface area contributed by atoms with E-state index in [4.69, 9.17) is 14.7 Å². The summed E-state index contributed by atoms with van der Waals surface area (Å²) in [6.45, 7) is 4.08. The highest BCUT2D eigenvalue weighted by Crippen LogP contribution is 2.39. The van der Waals surface area contributed by atoms with Gasteiger partial charge in [0.15, 0.2) is 17.0 Å². The molecule has 3 aliphatic heterocycles. The predicted octanol–water partition coefficient (Wildman–Crippen LogP) is 2.61. The quantitative estimate of drug-likeness (QED) is 0.481. The van der Waals surface area contributed by atoms with Crippen LogP contribution in [0.25, 0.3) is 16.9 Å². The topological polar surface area (TPSA) is 106 Å². The van der Waals surface area contributed by atoms with E-state index in [0.717, 1.165) is 25.7 Å². The molecule has 6 rings (SSSR count). The first-order valence-corrected chi connectivity index (χ1v) is 12.6. The molecule has 3 aliphatic rings. The van der Waals surface area contributed by atoms with E-state index in [1.54, 1.807) is 10.9 Å². The van der Waals surface area contributed by atoms with E-state index in [9.17, 15) is 13.6 Å². The molecule has 3 aromatic heterocycles. The minimum atomic E-state index is -2.73. The van der Waals surface area contributed by atoms with Gasteiger partial charge in [-0.15, -0.1) is 0 Å². The molecule has 11 nitrogen and oxygen atoms in total. The molecule has 0 saturated carbocycles. The SMILES string of the molecule is C=CC(=O)N1[C@@H]2CC[C@H]1CC(CNc1nc(N3CCOCC3)nc3c1ncn3-c1cnn(C(F)F)c1)C2. The molecule has 3 saturated heterocycles. The Balaban J connectivity index is 1.28. The first-order valence-electron chi connectivity index (χ1n) is 12.6. The van der Waals surface area contributed by atoms with Crippen LogP contribution in [0, 0.1) is 5.92 Å². The number of hydrogen-bond acceptors (Lipinski definition) is 8. The van der Waals surface area contributed by atoms with E-state index in [1.807, 2.05) is 9.80 Å². The van der Waals surface area contributed by atoms with Crippen molar-refractivity contribution in [1.82, 2.24) is 34.2 Å². The highest BCUT2D eigenvalue weighted by Gasteiger charge is 2.42. The number of imidazole rings is 1. The summed E-state index contributed by atoms with van der Waals surface area (Å²) in [5, 5.41) is 7.26. The molecule has 1 N–H and O–H groups in total. The van der Waals surface area contributed by atoms with Gasteiger partial charge >= 0.3 is 6.55 Å². The molecule has 37 heavy (non-hydrogen) atoms. The first-order chi connectivity index (χ1) is 18.0. The van der Waals surface area contributed by atoms with Crippen LogP contribution in [-0.2, 0) is 9.53 Å². The molecule has 0 radical (unpaired) electrons. The number of morpholine rings is 1. The Hall–Kier alpha value is -3.61. The first kappa shape index (κ1) is 23.8. The fourth-order valence-corrected chi connectivity index (χ4v) is 5.83. The third-order valence-electron chi connectivity index (χ3n) is 7.56. The zero-order valence-electron chi connectivity index (χ0n) is 20.3. The fourth-order valence-electron chi connectivity index (χ4n) is 5.83. The number of ether oxygens (including phenoxy) is 1. The standard InChI is InChI=1S/C24H29F2N9O2/c1-2-19(36)35-16-3-4-17(35)10-15(9-16)11-27-21-20-22(31-24(30-21)32-5-7-37-8-6-32)33(14-28-20)18-12-29-34(13-18)23(25)26/h2,12-17,23H,1,3-11H2,(H,27,30,31)/t15?,16-,17+. The molecule has 196 valence electrons. The molecule has 1 unspecified atom stereocenters. The smallest absolute Gasteiger partial charge is 0.333 e. The van der Waals surface area contributed by atoms with Crippen LogP contribution < -0.4 is 10.2 Å². The van der Waals surface area contributed by atoms with Gasteiger partial charge in [0.05, 0.1) is 31.3 Å². The third-order valence-corrected chi connectivity index (χ3v) is 7.56. The number of fused-ring (bicyclic) bond motifs is 3. The average Bonchev–Trinajstić information content (AvgIpc) is 3.63. The number of anilines is 2. The second kappa shape index (κ2) is 9.69. The van der Waals surface area contributed by atoms with Crippen LogP contribution in [0.3, 0.4) is 0 Å². The lowest BCUT2D eigenvalue weighted by molar-refractivity contribution is -0.130. The average molecular weight is 514 g/mol. The summed E-state index contributed by atoms with van der Waals surface area (Å²) in [5.41, 5.74) is 1.51. The van der Waals surface area contributed by atoms with Crippen LogP contribution in [0.5, 0.6) is 0 Å². The molecular weight excluding hydrogens is 484 g/mol. The van der Waals surface area contributed by atoms with Gasteiger partial charge in [0.1, 0.15) is 6.33 Å². The fraction of sp³-hybridized carbons (Fsp3) is 0.542. The van der Waals surface area contributed by atoms with E-state index >= 15 is 0 Å². The summed E-state index contributed by atoms with van der Waals surface area (Å²) in [7, 11) is 0. The lowest BCUT2D eigenvalue weighted by atomic mass is 9.90. The lowest BCUT2D eigenvalue weighted by Gasteiger charge is -2.38. The van der Waals surface area contributed by atoms with Crippen LogP contribution in [0.1, 0.15) is 32.2 Å². The van der Waals surface area contributed by atoms with Crippen molar-refractivity contribution in [3.05, 3.63) is 31.4 Å². The molecule has 3 aromatic rings. The molecule has 13 heteroatoms. The van der Waals surface area contributed by atoms with Crippen molar-refractivity contribution in [1.29, 1.82) is 0 Å². The molecular formula is C24H29F2N9O2. The van der Waals surface area contributed by atoms with Gasteiger partial charge in [-0.05, 0) is 37.7 Å². The molecule has 0 aliphatic carbocycles. The van der Waals surface area contributed by atoms with Crippen LogP contribution >= 0.6 is 0 Å². The zero-order valence-corrected chi connectivity index (χ0v) is 20.3. The van der Waals surface area contributed by atoms with E-state index in [-0.39, 0.29) is 18.0 Å². The Morgan fingerprint density at radius 3 is 2.65 bits per heavy atom. The molecule has 3 fully saturated rings. The van der Waals surface area contributed by atoms with E-state index in [2.05, 4.69) is 22.0 Å². The van der Waals surface area contributed by atoms with Gasteiger partial charge < -0.3 is 19.9 Å². The Kier molecular flexibility index (Phi) is 6.22. The predicted molar refractivity (Wildman–Crippen MR) is 132 cm³/mol. The zero-order chi connectivity index (χ0) is 25.5. The number of carbonyl (C=O) groups excluding carboxylic acids is 1. The van der Waals surface area contributed by atoms with Gasteiger partial charge in [0, 0.05) is 31.7 Å². The van der Waals surface area contributed by atoms with Crippen molar-refractivity contribution in [3.8, 4) is 5.69 Å². The number of carbonyl (C=O) groups is 1. The largest absolute Gasteiger partial charge is 0.378 e. The van der Waals surface area contributed by atoms with Crippen molar-refractivity contribution in [3.63, 3.8) is 0 Å². The highest BCUT2D eigenvalue weighted by molar-refractivity contribution is 5.88. The molecule has 2 bridgehead atoms. The van der Waals surface area contributed by atoms with Crippen molar-refractivity contribution >= 4 is 28.8 Å². The Bertz CT molecular complexity index is 1290. The Morgan fingerprint density at radius 1 is 1.22 bits per heavy atom. The normalized spacial score (nSPS) is 23.7. The second-order valence-corrected chi connectivity index (χ2v) is 9.77. The van der Waals surface area contributed by atoms with Crippen molar-refractivity contribution < 1.29 is 18.3 Å². The highest BCUT2D eigenvalue weighted by atomic mass is 19.3. The minimum Gasteiger partial charge on any atom is -0.378 e. The lowest BCUT2D eigenvalue weighted by Crippen LogP contribution is -2.47.